The lowest BCUT2D eigenvalue weighted by Gasteiger charge is -2.44. The van der Waals surface area contributed by atoms with E-state index in [0.29, 0.717) is 6.42 Å². The monoisotopic (exact) mass is 264 g/mol. The van der Waals surface area contributed by atoms with Gasteiger partial charge in [0.1, 0.15) is 9.84 Å². The van der Waals surface area contributed by atoms with Crippen molar-refractivity contribution >= 4 is 9.84 Å². The summed E-state index contributed by atoms with van der Waals surface area (Å²) in [5.41, 5.74) is 5.96. The molecule has 0 saturated carbocycles. The second-order valence-electron chi connectivity index (χ2n) is 5.28. The fourth-order valence-electron chi connectivity index (χ4n) is 2.07. The molecule has 1 aliphatic rings. The topological polar surface area (TPSA) is 72.6 Å². The zero-order valence-corrected chi connectivity index (χ0v) is 11.8. The van der Waals surface area contributed by atoms with E-state index in [1.54, 1.807) is 0 Å². The van der Waals surface area contributed by atoms with Crippen LogP contribution in [-0.4, -0.2) is 63.2 Å². The average molecular weight is 264 g/mol. The highest BCUT2D eigenvalue weighted by molar-refractivity contribution is 7.90. The fraction of sp³-hybridized carbons (Fsp3) is 1.00. The number of hydrogen-bond donors (Lipinski definition) is 1. The Morgan fingerprint density at radius 3 is 2.35 bits per heavy atom. The maximum absolute atomic E-state index is 11.1. The van der Waals surface area contributed by atoms with Crippen LogP contribution in [0.3, 0.4) is 0 Å². The first kappa shape index (κ1) is 14.9. The molecular formula is C11H24N2O3S. The van der Waals surface area contributed by atoms with Gasteiger partial charge >= 0.3 is 0 Å². The molecule has 0 aliphatic carbocycles. The summed E-state index contributed by atoms with van der Waals surface area (Å²) in [6, 6.07) is -0.143. The molecule has 2 N–H and O–H groups in total. The SMILES string of the molecule is CC(C)(C(N)CCS(C)(=O)=O)N1CCOCC1. The van der Waals surface area contributed by atoms with Gasteiger partial charge in [0.05, 0.1) is 19.0 Å². The van der Waals surface area contributed by atoms with Gasteiger partial charge in [0.15, 0.2) is 0 Å². The Hall–Kier alpha value is -0.170. The van der Waals surface area contributed by atoms with Crippen molar-refractivity contribution in [1.82, 2.24) is 4.90 Å². The average Bonchev–Trinajstić information content (AvgIpc) is 2.26. The zero-order chi connectivity index (χ0) is 13.1. The van der Waals surface area contributed by atoms with Crippen LogP contribution in [0.1, 0.15) is 20.3 Å². The van der Waals surface area contributed by atoms with Gasteiger partial charge < -0.3 is 10.5 Å². The molecule has 0 aromatic heterocycles. The molecular weight excluding hydrogens is 240 g/mol. The van der Waals surface area contributed by atoms with Crippen LogP contribution in [0.4, 0.5) is 0 Å². The molecule has 1 aliphatic heterocycles. The Morgan fingerprint density at radius 2 is 1.88 bits per heavy atom. The van der Waals surface area contributed by atoms with Crippen molar-refractivity contribution in [1.29, 1.82) is 0 Å². The zero-order valence-electron chi connectivity index (χ0n) is 11.0. The van der Waals surface area contributed by atoms with Gasteiger partial charge in [-0.2, -0.15) is 0 Å². The van der Waals surface area contributed by atoms with E-state index in [1.165, 1.54) is 6.26 Å². The lowest BCUT2D eigenvalue weighted by Crippen LogP contribution is -2.59. The number of ether oxygens (including phenoxy) is 1. The second kappa shape index (κ2) is 5.65. The van der Waals surface area contributed by atoms with E-state index in [0.717, 1.165) is 26.3 Å². The summed E-state index contributed by atoms with van der Waals surface area (Å²) in [6.07, 6.45) is 1.75. The summed E-state index contributed by atoms with van der Waals surface area (Å²) in [7, 11) is -2.93. The van der Waals surface area contributed by atoms with E-state index in [4.69, 9.17) is 10.5 Å². The van der Waals surface area contributed by atoms with Gasteiger partial charge in [-0.15, -0.1) is 0 Å². The maximum Gasteiger partial charge on any atom is 0.147 e. The highest BCUT2D eigenvalue weighted by atomic mass is 32.2. The van der Waals surface area contributed by atoms with Crippen molar-refractivity contribution in [2.75, 3.05) is 38.3 Å². The fourth-order valence-corrected chi connectivity index (χ4v) is 2.75. The molecule has 5 nitrogen and oxygen atoms in total. The quantitative estimate of drug-likeness (QED) is 0.748. The first-order chi connectivity index (χ1) is 7.73. The molecule has 1 saturated heterocycles. The normalized spacial score (nSPS) is 21.4. The number of nitrogens with zero attached hydrogens (tertiary/aromatic N) is 1. The first-order valence-electron chi connectivity index (χ1n) is 5.99. The highest BCUT2D eigenvalue weighted by Gasteiger charge is 2.34. The molecule has 6 heteroatoms. The smallest absolute Gasteiger partial charge is 0.147 e. The van der Waals surface area contributed by atoms with Gasteiger partial charge in [-0.05, 0) is 20.3 Å². The van der Waals surface area contributed by atoms with Gasteiger partial charge in [0.2, 0.25) is 0 Å². The molecule has 102 valence electrons. The van der Waals surface area contributed by atoms with Gasteiger partial charge in [-0.3, -0.25) is 4.90 Å². The van der Waals surface area contributed by atoms with Crippen molar-refractivity contribution in [3.63, 3.8) is 0 Å². The summed E-state index contributed by atoms with van der Waals surface area (Å²) in [6.45, 7) is 7.32. The molecule has 1 unspecified atom stereocenters. The summed E-state index contributed by atoms with van der Waals surface area (Å²) >= 11 is 0. The molecule has 0 spiro atoms. The van der Waals surface area contributed by atoms with Crippen LogP contribution in [0.25, 0.3) is 0 Å². The molecule has 0 amide bonds. The van der Waals surface area contributed by atoms with Crippen molar-refractivity contribution in [3.05, 3.63) is 0 Å². The van der Waals surface area contributed by atoms with Crippen LogP contribution in [-0.2, 0) is 14.6 Å². The molecule has 0 aromatic rings. The van der Waals surface area contributed by atoms with Gasteiger partial charge in [0, 0.05) is 30.9 Å². The van der Waals surface area contributed by atoms with Crippen molar-refractivity contribution in [2.24, 2.45) is 5.73 Å². The van der Waals surface area contributed by atoms with Crippen LogP contribution in [0.2, 0.25) is 0 Å². The molecule has 1 heterocycles. The Balaban J connectivity index is 2.55. The summed E-state index contributed by atoms with van der Waals surface area (Å²) < 4.78 is 27.6. The predicted octanol–water partition coefficient (Wildman–Crippen LogP) is -0.141. The lowest BCUT2D eigenvalue weighted by molar-refractivity contribution is -0.0189. The second-order valence-corrected chi connectivity index (χ2v) is 7.54. The van der Waals surface area contributed by atoms with Crippen LogP contribution >= 0.6 is 0 Å². The van der Waals surface area contributed by atoms with Crippen LogP contribution in [0, 0.1) is 0 Å². The molecule has 1 fully saturated rings. The predicted molar refractivity (Wildman–Crippen MR) is 68.8 cm³/mol. The van der Waals surface area contributed by atoms with Gasteiger partial charge in [0.25, 0.3) is 0 Å². The third-order valence-electron chi connectivity index (χ3n) is 3.53. The minimum atomic E-state index is -2.93. The van der Waals surface area contributed by atoms with E-state index in [9.17, 15) is 8.42 Å². The number of rotatable bonds is 5. The molecule has 0 aromatic carbocycles. The van der Waals surface area contributed by atoms with Crippen molar-refractivity contribution in [2.45, 2.75) is 31.8 Å². The summed E-state index contributed by atoms with van der Waals surface area (Å²) in [4.78, 5) is 2.28. The Kier molecular flexibility index (Phi) is 4.95. The lowest BCUT2D eigenvalue weighted by atomic mass is 9.91. The third-order valence-corrected chi connectivity index (χ3v) is 4.51. The van der Waals surface area contributed by atoms with E-state index in [-0.39, 0.29) is 17.3 Å². The Morgan fingerprint density at radius 1 is 1.35 bits per heavy atom. The van der Waals surface area contributed by atoms with Crippen LogP contribution < -0.4 is 5.73 Å². The largest absolute Gasteiger partial charge is 0.379 e. The molecule has 0 bridgehead atoms. The number of hydrogen-bond acceptors (Lipinski definition) is 5. The minimum Gasteiger partial charge on any atom is -0.379 e. The van der Waals surface area contributed by atoms with Gasteiger partial charge in [-0.25, -0.2) is 8.42 Å². The van der Waals surface area contributed by atoms with E-state index < -0.39 is 9.84 Å². The van der Waals surface area contributed by atoms with Crippen molar-refractivity contribution < 1.29 is 13.2 Å². The Labute approximate surface area is 104 Å². The minimum absolute atomic E-state index is 0.143. The van der Waals surface area contributed by atoms with E-state index in [1.807, 2.05) is 0 Å². The number of morpholine rings is 1. The van der Waals surface area contributed by atoms with Crippen LogP contribution in [0.15, 0.2) is 0 Å². The molecule has 1 rings (SSSR count). The molecule has 17 heavy (non-hydrogen) atoms. The molecule has 0 radical (unpaired) electrons. The number of nitrogens with two attached hydrogens (primary N) is 1. The summed E-state index contributed by atoms with van der Waals surface area (Å²) in [5, 5.41) is 0. The first-order valence-corrected chi connectivity index (χ1v) is 8.05. The van der Waals surface area contributed by atoms with Gasteiger partial charge in [-0.1, -0.05) is 0 Å². The standard InChI is InChI=1S/C11H24N2O3S/c1-11(2,13-5-7-16-8-6-13)10(12)4-9-17(3,14)15/h10H,4-9,12H2,1-3H3. The Bertz CT molecular complexity index is 335. The van der Waals surface area contributed by atoms with Crippen LogP contribution in [0.5, 0.6) is 0 Å². The maximum atomic E-state index is 11.1. The molecule has 1 atom stereocenters. The summed E-state index contributed by atoms with van der Waals surface area (Å²) in [5.74, 6) is 0.155. The van der Waals surface area contributed by atoms with E-state index >= 15 is 0 Å². The highest BCUT2D eigenvalue weighted by Crippen LogP contribution is 2.21. The van der Waals surface area contributed by atoms with Crippen molar-refractivity contribution in [3.8, 4) is 0 Å². The third kappa shape index (κ3) is 4.54. The number of sulfone groups is 1. The van der Waals surface area contributed by atoms with E-state index in [2.05, 4.69) is 18.7 Å².